The summed E-state index contributed by atoms with van der Waals surface area (Å²) in [5.74, 6) is 0. The van der Waals surface area contributed by atoms with Gasteiger partial charge in [0.05, 0.1) is 0 Å². The number of rotatable bonds is 0. The average molecular weight is 2640 g/mol. The topological polar surface area (TPSA) is 0 Å². The Kier molecular flexibility index (Phi) is 1090. The molecule has 0 bridgehead atoms. The summed E-state index contributed by atoms with van der Waals surface area (Å²) in [6.45, 7) is 8.00. The minimum absolute atomic E-state index is 0. The molecule has 0 spiro atoms. The molecule has 22 radical (unpaired) electrons. The van der Waals surface area contributed by atoms with Crippen LogP contribution in [0.2, 0.25) is 0 Å². The van der Waals surface area contributed by atoms with Gasteiger partial charge in [-0.25, -0.2) is 0 Å². The van der Waals surface area contributed by atoms with E-state index in [1.807, 2.05) is 210 Å². The summed E-state index contributed by atoms with van der Waals surface area (Å²) in [7, 11) is 0. The number of hydrogen-bond donors (Lipinski definition) is 0. The second-order valence-corrected chi connectivity index (χ2v) is 5.77. The van der Waals surface area contributed by atoms with Crippen LogP contribution in [-0.4, -0.2) is 0 Å². The van der Waals surface area contributed by atoms with Crippen molar-refractivity contribution in [2.75, 3.05) is 0 Å². The molecule has 364 valence electrons. The van der Waals surface area contributed by atoms with Gasteiger partial charge in [0, 0.05) is 720 Å². The quantitative estimate of drug-likeness (QED) is 0.136. The van der Waals surface area contributed by atoms with Crippen molar-refractivity contribution in [1.29, 1.82) is 0 Å². The molecule has 0 aliphatic heterocycles. The Bertz CT molecular complexity index is 606. The van der Waals surface area contributed by atoms with Crippen molar-refractivity contribution in [2.24, 2.45) is 0 Å². The second-order valence-electron chi connectivity index (χ2n) is 5.77. The van der Waals surface area contributed by atoms with Crippen LogP contribution in [0.1, 0.15) is 64.8 Å². The van der Waals surface area contributed by atoms with Gasteiger partial charge >= 0.3 is 0 Å². The van der Waals surface area contributed by atoms with Gasteiger partial charge in [0.15, 0.2) is 0 Å². The van der Waals surface area contributed by atoms with Crippen molar-refractivity contribution in [3.63, 3.8) is 0 Å². The SMILES string of the molecule is C.C.C.C.C.CC.CC.[CH3-].[CH3-].[CH3-].[CH3-].[CH3-].[CH3-].[CH3-].[CH3-].[CH3-].[CH3-].[Y].[Y].[Y].[Y].[Y].[Y].[Y].[Y].[Y].[Y].[Y].[Y].[Y].[Y].[Y].[Y].[Y].[Y].[Y].[Y].[Y].[Y].c1ccccc1.c1ccccc1.c1ccccc1.c1ccccc1.c1ccccc1. The Labute approximate surface area is 1010 Å². The molecule has 0 saturated heterocycles. The van der Waals surface area contributed by atoms with Gasteiger partial charge in [0.1, 0.15) is 0 Å². The van der Waals surface area contributed by atoms with Crippen LogP contribution in [0.25, 0.3) is 0 Å². The maximum atomic E-state index is 2.00. The normalized spacial score (nSPS) is 3.55. The molecule has 0 heterocycles. The predicted molar refractivity (Wildman–Crippen MR) is 253 cm³/mol. The first-order chi connectivity index (χ1) is 17.0. The van der Waals surface area contributed by atoms with Crippen LogP contribution in [0.3, 0.4) is 0 Å². The van der Waals surface area contributed by atoms with Gasteiger partial charge in [0.25, 0.3) is 0 Å². The summed E-state index contributed by atoms with van der Waals surface area (Å²) < 4.78 is 0. The van der Waals surface area contributed by atoms with Crippen LogP contribution in [0.15, 0.2) is 182 Å². The maximum Gasteiger partial charge on any atom is 0 e. The van der Waals surface area contributed by atoms with Gasteiger partial charge in [-0.05, 0) is 0 Å². The summed E-state index contributed by atoms with van der Waals surface area (Å²) in [5.41, 5.74) is 0. The van der Waals surface area contributed by atoms with Crippen molar-refractivity contribution >= 4 is 0 Å². The van der Waals surface area contributed by atoms with E-state index in [9.17, 15) is 0 Å². The third-order valence-corrected chi connectivity index (χ3v) is 3.33. The Balaban J connectivity index is -0.00000000424. The largest absolute Gasteiger partial charge is 0.358 e. The Morgan fingerprint density at radius 1 is 0.0986 bits per heavy atom. The fraction of sp³-hybridized carbons (Fsp3) is 0.184. The molecular weight excluding hydrogens is 2540 g/mol. The molecule has 0 unspecified atom stereocenters. The molecule has 0 N–H and O–H groups in total. The fourth-order valence-electron chi connectivity index (χ4n) is 1.92. The molecule has 5 aromatic carbocycles. The summed E-state index contributed by atoms with van der Waals surface area (Å²) >= 11 is 0. The smallest absolute Gasteiger partial charge is 0 e. The number of hydrogen-bond acceptors (Lipinski definition) is 0. The van der Waals surface area contributed by atoms with E-state index in [0.29, 0.717) is 0 Å². The van der Waals surface area contributed by atoms with E-state index in [4.69, 9.17) is 0 Å². The van der Waals surface area contributed by atoms with E-state index in [1.54, 1.807) is 0 Å². The molecule has 71 heavy (non-hydrogen) atoms. The second kappa shape index (κ2) is 284. The molecule has 0 nitrogen and oxygen atoms in total. The summed E-state index contributed by atoms with van der Waals surface area (Å²) in [5, 5.41) is 0. The van der Waals surface area contributed by atoms with E-state index in [1.165, 1.54) is 0 Å². The van der Waals surface area contributed by atoms with E-state index < -0.39 is 0 Å². The summed E-state index contributed by atoms with van der Waals surface area (Å²) in [6.07, 6.45) is 0. The average Bonchev–Trinajstić information content (AvgIpc) is 3.01. The maximum absolute atomic E-state index is 2.00. The van der Waals surface area contributed by atoms with Gasteiger partial charge in [-0.3, -0.25) is 0 Å². The van der Waals surface area contributed by atoms with E-state index in [0.717, 1.165) is 0 Å². The molecule has 0 saturated carbocycles. The van der Waals surface area contributed by atoms with Crippen LogP contribution < -0.4 is 0 Å². The molecule has 0 aromatic heterocycles. The zero-order chi connectivity index (χ0) is 25.2. The van der Waals surface area contributed by atoms with Crippen LogP contribution >= 0.6 is 0 Å². The Morgan fingerprint density at radius 2 is 0.113 bits per heavy atom. The van der Waals surface area contributed by atoms with E-state index >= 15 is 0 Å². The zero-order valence-corrected chi connectivity index (χ0v) is 106. The van der Waals surface area contributed by atoms with Gasteiger partial charge in [-0.2, -0.15) is 0 Å². The first-order valence-electron chi connectivity index (χ1n) is 12.0. The molecular formula is C49H92Y22-10. The molecule has 22 heteroatoms. The Hall–Kier alpha value is 20.4. The van der Waals surface area contributed by atoms with E-state index in [-0.39, 0.29) is 831 Å². The van der Waals surface area contributed by atoms with Crippen molar-refractivity contribution in [1.82, 2.24) is 0 Å². The van der Waals surface area contributed by atoms with Crippen LogP contribution in [-0.2, 0) is 720 Å². The molecule has 0 aliphatic rings. The van der Waals surface area contributed by atoms with Crippen molar-refractivity contribution in [3.8, 4) is 0 Å². The van der Waals surface area contributed by atoms with E-state index in [2.05, 4.69) is 0 Å². The van der Waals surface area contributed by atoms with Crippen molar-refractivity contribution < 1.29 is 720 Å². The molecule has 0 amide bonds. The zero-order valence-electron chi connectivity index (χ0n) is 44.0. The molecule has 0 atom stereocenters. The molecule has 5 rings (SSSR count). The standard InChI is InChI=1S/5C6H6.2C2H6.5CH4.10CH3.22Y/c5*1-2-4-6-5-3-1;2*1-2;;;;;;;;;;;;;;;;;;;;;;;;;;;;;;;;;;;;;/h5*1-6H;2*1-2H3;5*1H4;10*1H3;;;;;;;;;;;;;;;;;;;;;;/q;;;;;;;;;;;;10*-1;;;;;;;;;;;;;;;;;;;;;;. The van der Waals surface area contributed by atoms with Crippen LogP contribution in [0.5, 0.6) is 0 Å². The molecule has 0 aliphatic carbocycles. The third-order valence-electron chi connectivity index (χ3n) is 3.33. The first-order valence-corrected chi connectivity index (χ1v) is 12.0. The fourth-order valence-corrected chi connectivity index (χ4v) is 1.92. The van der Waals surface area contributed by atoms with Crippen LogP contribution in [0, 0.1) is 74.3 Å². The molecule has 5 aromatic rings. The minimum atomic E-state index is 0. The van der Waals surface area contributed by atoms with Gasteiger partial charge in [-0.1, -0.05) is 247 Å². The summed E-state index contributed by atoms with van der Waals surface area (Å²) in [4.78, 5) is 0. The van der Waals surface area contributed by atoms with Crippen molar-refractivity contribution in [3.05, 3.63) is 256 Å². The number of benzene rings is 5. The Morgan fingerprint density at radius 3 is 0.127 bits per heavy atom. The predicted octanol–water partition coefficient (Wildman–Crippen LogP) is 18.1. The van der Waals surface area contributed by atoms with Gasteiger partial charge in [-0.15, -0.1) is 0 Å². The molecule has 0 fully saturated rings. The first kappa shape index (κ1) is 272. The van der Waals surface area contributed by atoms with Crippen molar-refractivity contribution in [2.45, 2.75) is 64.8 Å². The summed E-state index contributed by atoms with van der Waals surface area (Å²) in [6, 6.07) is 60.0. The monoisotopic (exact) mass is 2640 g/mol. The minimum Gasteiger partial charge on any atom is -0.358 e. The van der Waals surface area contributed by atoms with Gasteiger partial charge < -0.3 is 74.3 Å². The van der Waals surface area contributed by atoms with Gasteiger partial charge in [0.2, 0.25) is 0 Å². The third kappa shape index (κ3) is 278. The van der Waals surface area contributed by atoms with Crippen LogP contribution in [0.4, 0.5) is 0 Å².